The molecule has 4 nitrogen and oxygen atoms in total. The summed E-state index contributed by atoms with van der Waals surface area (Å²) in [6, 6.07) is 17.3. The van der Waals surface area contributed by atoms with E-state index in [0.29, 0.717) is 21.4 Å². The minimum atomic E-state index is -0.422. The van der Waals surface area contributed by atoms with Crippen LogP contribution in [0.25, 0.3) is 4.85 Å². The Labute approximate surface area is 167 Å². The lowest BCUT2D eigenvalue weighted by Gasteiger charge is -2.19. The van der Waals surface area contributed by atoms with Crippen LogP contribution in [0.3, 0.4) is 0 Å². The maximum Gasteiger partial charge on any atom is 0.225 e. The Bertz CT molecular complexity index is 917. The number of hydrogen-bond donors (Lipinski definition) is 1. The Kier molecular flexibility index (Phi) is 6.08. The zero-order valence-corrected chi connectivity index (χ0v) is 15.7. The second-order valence-corrected chi connectivity index (χ2v) is 6.78. The molecule has 1 amide bonds. The van der Waals surface area contributed by atoms with Crippen molar-refractivity contribution in [3.05, 3.63) is 105 Å². The number of aromatic nitrogens is 1. The molecule has 0 saturated carbocycles. The van der Waals surface area contributed by atoms with Crippen LogP contribution in [0.1, 0.15) is 22.9 Å². The summed E-state index contributed by atoms with van der Waals surface area (Å²) in [7, 11) is 0. The lowest BCUT2D eigenvalue weighted by molar-refractivity contribution is -0.120. The van der Waals surface area contributed by atoms with E-state index in [1.165, 1.54) is 0 Å². The molecule has 2 aromatic carbocycles. The third-order valence-electron chi connectivity index (χ3n) is 3.98. The van der Waals surface area contributed by atoms with E-state index >= 15 is 0 Å². The summed E-state index contributed by atoms with van der Waals surface area (Å²) in [5, 5.41) is 4.16. The molecule has 6 heteroatoms. The number of nitrogens with one attached hydrogen (secondary N) is 1. The Balaban J connectivity index is 1.81. The molecule has 1 heterocycles. The summed E-state index contributed by atoms with van der Waals surface area (Å²) >= 11 is 11.9. The summed E-state index contributed by atoms with van der Waals surface area (Å²) in [6.07, 6.45) is 1.75. The molecule has 1 aromatic heterocycles. The lowest BCUT2D eigenvalue weighted by atomic mass is 10.0. The van der Waals surface area contributed by atoms with Gasteiger partial charge in [-0.3, -0.25) is 9.78 Å². The predicted molar refractivity (Wildman–Crippen MR) is 107 cm³/mol. The van der Waals surface area contributed by atoms with Gasteiger partial charge in [-0.05, 0) is 35.4 Å². The van der Waals surface area contributed by atoms with Crippen molar-refractivity contribution < 1.29 is 4.79 Å². The van der Waals surface area contributed by atoms with E-state index < -0.39 is 6.04 Å². The topological polar surface area (TPSA) is 46.4 Å². The SMILES string of the molecule is [C-]#[N+]c1ccc(CC(=O)NC(c2ccc(Cl)cc2)c2ccc(Cl)cn2)cc1. The number of hydrogen-bond acceptors (Lipinski definition) is 2. The number of rotatable bonds is 5. The number of nitrogens with zero attached hydrogens (tertiary/aromatic N) is 2. The third kappa shape index (κ3) is 5.07. The first kappa shape index (κ1) is 18.9. The van der Waals surface area contributed by atoms with Crippen molar-refractivity contribution in [3.63, 3.8) is 0 Å². The average Bonchev–Trinajstić information content (AvgIpc) is 2.68. The van der Waals surface area contributed by atoms with Gasteiger partial charge in [0.05, 0.1) is 29.8 Å². The molecule has 0 aliphatic carbocycles. The van der Waals surface area contributed by atoms with E-state index in [1.807, 2.05) is 12.1 Å². The van der Waals surface area contributed by atoms with E-state index in [-0.39, 0.29) is 12.3 Å². The van der Waals surface area contributed by atoms with Crippen LogP contribution in [0, 0.1) is 6.57 Å². The molecule has 0 bridgehead atoms. The Morgan fingerprint density at radius 3 is 2.26 bits per heavy atom. The molecule has 3 rings (SSSR count). The van der Waals surface area contributed by atoms with Gasteiger partial charge in [-0.2, -0.15) is 0 Å². The van der Waals surface area contributed by atoms with Gasteiger partial charge in [0.2, 0.25) is 5.91 Å². The fourth-order valence-corrected chi connectivity index (χ4v) is 2.86. The van der Waals surface area contributed by atoms with Crippen LogP contribution in [-0.4, -0.2) is 10.9 Å². The zero-order valence-electron chi connectivity index (χ0n) is 14.2. The second kappa shape index (κ2) is 8.68. The highest BCUT2D eigenvalue weighted by Gasteiger charge is 2.18. The van der Waals surface area contributed by atoms with E-state index in [0.717, 1.165) is 11.1 Å². The van der Waals surface area contributed by atoms with E-state index in [1.54, 1.807) is 54.7 Å². The van der Waals surface area contributed by atoms with Crippen molar-refractivity contribution in [2.24, 2.45) is 0 Å². The van der Waals surface area contributed by atoms with Crippen molar-refractivity contribution in [2.75, 3.05) is 0 Å². The number of carbonyl (C=O) groups excluding carboxylic acids is 1. The van der Waals surface area contributed by atoms with Gasteiger partial charge in [-0.1, -0.05) is 59.6 Å². The first-order valence-corrected chi connectivity index (χ1v) is 8.93. The molecular weight excluding hydrogens is 381 g/mol. The highest BCUT2D eigenvalue weighted by atomic mass is 35.5. The molecule has 0 radical (unpaired) electrons. The highest BCUT2D eigenvalue weighted by Crippen LogP contribution is 2.23. The average molecular weight is 396 g/mol. The van der Waals surface area contributed by atoms with Gasteiger partial charge in [0, 0.05) is 11.2 Å². The van der Waals surface area contributed by atoms with E-state index in [9.17, 15) is 4.79 Å². The summed E-state index contributed by atoms with van der Waals surface area (Å²) in [4.78, 5) is 20.3. The molecule has 0 spiro atoms. The van der Waals surface area contributed by atoms with Crippen LogP contribution in [0.2, 0.25) is 10.0 Å². The summed E-state index contributed by atoms with van der Waals surface area (Å²) in [5.74, 6) is -0.151. The summed E-state index contributed by atoms with van der Waals surface area (Å²) < 4.78 is 0. The van der Waals surface area contributed by atoms with E-state index in [2.05, 4.69) is 15.1 Å². The molecule has 27 heavy (non-hydrogen) atoms. The van der Waals surface area contributed by atoms with Crippen LogP contribution in [0.5, 0.6) is 0 Å². The van der Waals surface area contributed by atoms with Crippen molar-refractivity contribution in [1.82, 2.24) is 10.3 Å². The van der Waals surface area contributed by atoms with E-state index in [4.69, 9.17) is 29.8 Å². The van der Waals surface area contributed by atoms with Gasteiger partial charge in [0.15, 0.2) is 5.69 Å². The third-order valence-corrected chi connectivity index (χ3v) is 4.46. The van der Waals surface area contributed by atoms with Crippen LogP contribution in [-0.2, 0) is 11.2 Å². The quantitative estimate of drug-likeness (QED) is 0.588. The van der Waals surface area contributed by atoms with Crippen molar-refractivity contribution >= 4 is 34.8 Å². The zero-order chi connectivity index (χ0) is 19.2. The maximum atomic E-state index is 12.6. The smallest absolute Gasteiger partial charge is 0.225 e. The normalized spacial score (nSPS) is 11.4. The van der Waals surface area contributed by atoms with Gasteiger partial charge in [-0.25, -0.2) is 4.85 Å². The van der Waals surface area contributed by atoms with Gasteiger partial charge in [0.1, 0.15) is 0 Å². The van der Waals surface area contributed by atoms with Crippen LogP contribution in [0.4, 0.5) is 5.69 Å². The fraction of sp³-hybridized carbons (Fsp3) is 0.0952. The number of carbonyl (C=O) groups is 1. The van der Waals surface area contributed by atoms with Gasteiger partial charge in [-0.15, -0.1) is 0 Å². The first-order valence-electron chi connectivity index (χ1n) is 8.18. The van der Waals surface area contributed by atoms with Crippen LogP contribution in [0.15, 0.2) is 66.9 Å². The van der Waals surface area contributed by atoms with Gasteiger partial charge in [0.25, 0.3) is 0 Å². The lowest BCUT2D eigenvalue weighted by Crippen LogP contribution is -2.31. The first-order chi connectivity index (χ1) is 13.0. The Hall–Kier alpha value is -2.87. The Morgan fingerprint density at radius 1 is 1.00 bits per heavy atom. The van der Waals surface area contributed by atoms with Crippen molar-refractivity contribution in [3.8, 4) is 0 Å². The predicted octanol–water partition coefficient (Wildman–Crippen LogP) is 5.39. The molecule has 0 aliphatic heterocycles. The number of halogens is 2. The standard InChI is InChI=1S/C21H15Cl2N3O/c1-24-18-9-2-14(3-10-18)12-20(27)26-21(15-4-6-16(22)7-5-15)19-11-8-17(23)13-25-19/h2-11,13,21H,12H2,(H,26,27). The molecule has 1 atom stereocenters. The molecule has 0 aliphatic rings. The minimum absolute atomic E-state index is 0.151. The maximum absolute atomic E-state index is 12.6. The molecule has 0 fully saturated rings. The van der Waals surface area contributed by atoms with Crippen molar-refractivity contribution in [2.45, 2.75) is 12.5 Å². The molecule has 1 N–H and O–H groups in total. The number of amides is 1. The van der Waals surface area contributed by atoms with Gasteiger partial charge < -0.3 is 5.32 Å². The summed E-state index contributed by atoms with van der Waals surface area (Å²) in [6.45, 7) is 6.99. The number of pyridine rings is 1. The number of benzene rings is 2. The summed E-state index contributed by atoms with van der Waals surface area (Å²) in [5.41, 5.74) is 2.92. The Morgan fingerprint density at radius 2 is 1.67 bits per heavy atom. The molecular formula is C21H15Cl2N3O. The van der Waals surface area contributed by atoms with Crippen molar-refractivity contribution in [1.29, 1.82) is 0 Å². The minimum Gasteiger partial charge on any atom is -0.343 e. The van der Waals surface area contributed by atoms with Crippen LogP contribution < -0.4 is 5.32 Å². The van der Waals surface area contributed by atoms with Gasteiger partial charge >= 0.3 is 0 Å². The molecule has 3 aromatic rings. The fourth-order valence-electron chi connectivity index (χ4n) is 2.63. The largest absolute Gasteiger partial charge is 0.343 e. The molecule has 0 saturated heterocycles. The molecule has 134 valence electrons. The monoisotopic (exact) mass is 395 g/mol. The molecule has 1 unspecified atom stereocenters. The van der Waals surface area contributed by atoms with Crippen LogP contribution >= 0.6 is 23.2 Å². The highest BCUT2D eigenvalue weighted by molar-refractivity contribution is 6.30. The second-order valence-electron chi connectivity index (χ2n) is 5.91.